The number of pyridine rings is 1. The van der Waals surface area contributed by atoms with E-state index in [1.165, 1.54) is 0 Å². The molecule has 1 aromatic rings. The number of aliphatic hydroxyl groups is 1. The Bertz CT molecular complexity index is 369. The molecule has 0 radical (unpaired) electrons. The molecule has 1 rings (SSSR count). The van der Waals surface area contributed by atoms with E-state index in [0.717, 1.165) is 5.56 Å². The molecule has 0 fully saturated rings. The van der Waals surface area contributed by atoms with E-state index in [0.29, 0.717) is 5.88 Å². The molecule has 0 saturated heterocycles. The topological polar surface area (TPSA) is 42.4 Å². The minimum absolute atomic E-state index is 0.521. The van der Waals surface area contributed by atoms with E-state index in [4.69, 9.17) is 4.74 Å². The summed E-state index contributed by atoms with van der Waals surface area (Å²) in [6, 6.07) is 3.49. The summed E-state index contributed by atoms with van der Waals surface area (Å²) in [5.41, 5.74) is -0.199. The lowest BCUT2D eigenvalue weighted by atomic mass is 10.1. The third-order valence-electron chi connectivity index (χ3n) is 1.46. The van der Waals surface area contributed by atoms with Gasteiger partial charge in [0.25, 0.3) is 0 Å². The lowest BCUT2D eigenvalue weighted by Gasteiger charge is -2.05. The summed E-state index contributed by atoms with van der Waals surface area (Å²) in [6.07, 6.45) is 1.62. The van der Waals surface area contributed by atoms with Crippen molar-refractivity contribution in [3.8, 4) is 17.7 Å². The molecule has 0 aliphatic carbocycles. The summed E-state index contributed by atoms with van der Waals surface area (Å²) in [5, 5.41) is 9.38. The van der Waals surface area contributed by atoms with Crippen LogP contribution < -0.4 is 4.74 Å². The summed E-state index contributed by atoms with van der Waals surface area (Å²) in [5.74, 6) is 6.07. The lowest BCUT2D eigenvalue weighted by molar-refractivity contribution is 0.143. The molecule has 74 valence electrons. The average Bonchev–Trinajstić information content (AvgIpc) is 2.14. The predicted octanol–water partition coefficient (Wildman–Crippen LogP) is 1.21. The van der Waals surface area contributed by atoms with Crippen LogP contribution in [0.25, 0.3) is 0 Å². The Morgan fingerprint density at radius 3 is 2.79 bits per heavy atom. The zero-order chi connectivity index (χ0) is 10.6. The van der Waals surface area contributed by atoms with Gasteiger partial charge in [0.2, 0.25) is 5.88 Å². The number of methoxy groups -OCH3 is 1. The molecule has 0 bridgehead atoms. The minimum atomic E-state index is -0.976. The summed E-state index contributed by atoms with van der Waals surface area (Å²) in [6.45, 7) is 3.27. The smallest absolute Gasteiger partial charge is 0.214 e. The maximum atomic E-state index is 9.38. The molecule has 0 aliphatic rings. The third kappa shape index (κ3) is 3.46. The molecule has 3 nitrogen and oxygen atoms in total. The van der Waals surface area contributed by atoms with Gasteiger partial charge in [-0.1, -0.05) is 11.8 Å². The first kappa shape index (κ1) is 10.6. The first-order valence-electron chi connectivity index (χ1n) is 4.27. The zero-order valence-electron chi connectivity index (χ0n) is 8.53. The Morgan fingerprint density at radius 1 is 1.50 bits per heavy atom. The van der Waals surface area contributed by atoms with Crippen molar-refractivity contribution < 1.29 is 9.84 Å². The van der Waals surface area contributed by atoms with Gasteiger partial charge in [0.15, 0.2) is 0 Å². The highest BCUT2D eigenvalue weighted by atomic mass is 16.5. The number of rotatable bonds is 1. The van der Waals surface area contributed by atoms with Crippen molar-refractivity contribution in [3.63, 3.8) is 0 Å². The van der Waals surface area contributed by atoms with Crippen LogP contribution >= 0.6 is 0 Å². The molecule has 0 amide bonds. The predicted molar refractivity (Wildman–Crippen MR) is 54.0 cm³/mol. The van der Waals surface area contributed by atoms with Crippen molar-refractivity contribution in [2.75, 3.05) is 7.11 Å². The van der Waals surface area contributed by atoms with Gasteiger partial charge >= 0.3 is 0 Å². The van der Waals surface area contributed by atoms with Crippen LogP contribution in [0, 0.1) is 11.8 Å². The molecule has 0 aliphatic heterocycles. The zero-order valence-corrected chi connectivity index (χ0v) is 8.53. The maximum Gasteiger partial charge on any atom is 0.214 e. The van der Waals surface area contributed by atoms with E-state index in [-0.39, 0.29) is 0 Å². The van der Waals surface area contributed by atoms with E-state index >= 15 is 0 Å². The van der Waals surface area contributed by atoms with Gasteiger partial charge in [-0.05, 0) is 19.9 Å². The summed E-state index contributed by atoms with van der Waals surface area (Å²) >= 11 is 0. The molecule has 1 aromatic heterocycles. The molecular formula is C11H13NO2. The van der Waals surface area contributed by atoms with Crippen LogP contribution in [0.1, 0.15) is 19.4 Å². The van der Waals surface area contributed by atoms with Crippen molar-refractivity contribution in [2.24, 2.45) is 0 Å². The number of hydrogen-bond donors (Lipinski definition) is 1. The fourth-order valence-corrected chi connectivity index (χ4v) is 0.824. The molecule has 0 saturated carbocycles. The van der Waals surface area contributed by atoms with Crippen LogP contribution in [0.3, 0.4) is 0 Å². The Morgan fingerprint density at radius 2 is 2.21 bits per heavy atom. The SMILES string of the molecule is COc1cc(C#CC(C)(C)O)ccn1. The second-order valence-electron chi connectivity index (χ2n) is 3.40. The van der Waals surface area contributed by atoms with E-state index in [1.54, 1.807) is 39.3 Å². The van der Waals surface area contributed by atoms with Gasteiger partial charge < -0.3 is 9.84 Å². The van der Waals surface area contributed by atoms with Crippen LogP contribution in [0.5, 0.6) is 5.88 Å². The quantitative estimate of drug-likeness (QED) is 0.678. The van der Waals surface area contributed by atoms with Gasteiger partial charge in [-0.15, -0.1) is 0 Å². The highest BCUT2D eigenvalue weighted by Gasteiger charge is 2.05. The van der Waals surface area contributed by atoms with Crippen LogP contribution in [0.4, 0.5) is 0 Å². The first-order valence-corrected chi connectivity index (χ1v) is 4.27. The molecule has 1 N–H and O–H groups in total. The highest BCUT2D eigenvalue weighted by molar-refractivity contribution is 5.37. The number of nitrogens with zero attached hydrogens (tertiary/aromatic N) is 1. The fourth-order valence-electron chi connectivity index (χ4n) is 0.824. The normalized spacial score (nSPS) is 10.3. The fraction of sp³-hybridized carbons (Fsp3) is 0.364. The van der Waals surface area contributed by atoms with Gasteiger partial charge in [-0.2, -0.15) is 0 Å². The Hall–Kier alpha value is -1.53. The van der Waals surface area contributed by atoms with E-state index in [9.17, 15) is 5.11 Å². The molecule has 14 heavy (non-hydrogen) atoms. The van der Waals surface area contributed by atoms with Crippen molar-refractivity contribution >= 4 is 0 Å². The van der Waals surface area contributed by atoms with Gasteiger partial charge in [-0.3, -0.25) is 0 Å². The van der Waals surface area contributed by atoms with Crippen molar-refractivity contribution in [2.45, 2.75) is 19.4 Å². The summed E-state index contributed by atoms with van der Waals surface area (Å²) < 4.78 is 4.95. The number of aromatic nitrogens is 1. The highest BCUT2D eigenvalue weighted by Crippen LogP contribution is 2.07. The third-order valence-corrected chi connectivity index (χ3v) is 1.46. The summed E-state index contributed by atoms with van der Waals surface area (Å²) in [7, 11) is 1.55. The van der Waals surface area contributed by atoms with Crippen molar-refractivity contribution in [1.29, 1.82) is 0 Å². The largest absolute Gasteiger partial charge is 0.481 e. The molecule has 0 spiro atoms. The molecule has 3 heteroatoms. The standard InChI is InChI=1S/C11H13NO2/c1-11(2,13)6-4-9-5-7-12-10(8-9)14-3/h5,7-8,13H,1-3H3. The van der Waals surface area contributed by atoms with Gasteiger partial charge in [0.1, 0.15) is 5.60 Å². The Kier molecular flexibility index (Phi) is 3.10. The van der Waals surface area contributed by atoms with E-state index in [1.807, 2.05) is 0 Å². The van der Waals surface area contributed by atoms with Gasteiger partial charge in [0.05, 0.1) is 7.11 Å². The molecular weight excluding hydrogens is 178 g/mol. The van der Waals surface area contributed by atoms with Gasteiger partial charge in [0, 0.05) is 17.8 Å². The Balaban J connectivity index is 2.90. The van der Waals surface area contributed by atoms with E-state index < -0.39 is 5.60 Å². The van der Waals surface area contributed by atoms with Crippen LogP contribution in [-0.4, -0.2) is 22.8 Å². The minimum Gasteiger partial charge on any atom is -0.481 e. The van der Waals surface area contributed by atoms with Gasteiger partial charge in [-0.25, -0.2) is 4.98 Å². The van der Waals surface area contributed by atoms with Crippen LogP contribution in [0.2, 0.25) is 0 Å². The maximum absolute atomic E-state index is 9.38. The monoisotopic (exact) mass is 191 g/mol. The molecule has 1 heterocycles. The van der Waals surface area contributed by atoms with Crippen LogP contribution in [-0.2, 0) is 0 Å². The molecule has 0 atom stereocenters. The summed E-state index contributed by atoms with van der Waals surface area (Å²) in [4.78, 5) is 3.95. The van der Waals surface area contributed by atoms with Crippen molar-refractivity contribution in [1.82, 2.24) is 4.98 Å². The van der Waals surface area contributed by atoms with Crippen molar-refractivity contribution in [3.05, 3.63) is 23.9 Å². The van der Waals surface area contributed by atoms with E-state index in [2.05, 4.69) is 16.8 Å². The average molecular weight is 191 g/mol. The molecule has 0 unspecified atom stereocenters. The van der Waals surface area contributed by atoms with Crippen LogP contribution in [0.15, 0.2) is 18.3 Å². The lowest BCUT2D eigenvalue weighted by Crippen LogP contribution is -2.14. The Labute approximate surface area is 83.7 Å². The number of hydrogen-bond acceptors (Lipinski definition) is 3. The second kappa shape index (κ2) is 4.12. The first-order chi connectivity index (χ1) is 6.51. The number of ether oxygens (including phenoxy) is 1. The second-order valence-corrected chi connectivity index (χ2v) is 3.40. The molecule has 0 aromatic carbocycles.